The Morgan fingerprint density at radius 1 is 0.477 bits per heavy atom. The van der Waals surface area contributed by atoms with Crippen LogP contribution in [0.15, 0.2) is 162 Å². The summed E-state index contributed by atoms with van der Waals surface area (Å²) in [7, 11) is 0. The van der Waals surface area contributed by atoms with Crippen molar-refractivity contribution in [2.24, 2.45) is 0 Å². The number of nitrogens with zero attached hydrogens (tertiary/aromatic N) is 1. The van der Waals surface area contributed by atoms with E-state index in [1.807, 2.05) is 6.07 Å². The Morgan fingerprint density at radius 2 is 1.05 bits per heavy atom. The fourth-order valence-electron chi connectivity index (χ4n) is 6.84. The Kier molecular flexibility index (Phi) is 5.54. The van der Waals surface area contributed by atoms with E-state index in [4.69, 9.17) is 4.42 Å². The number of hydrogen-bond donors (Lipinski definition) is 0. The molecule has 0 unspecified atom stereocenters. The molecule has 2 heteroatoms. The molecular weight excluding hydrogens is 534 g/mol. The first-order chi connectivity index (χ1) is 21.8. The molecule has 0 aliphatic rings. The van der Waals surface area contributed by atoms with Gasteiger partial charge in [0.05, 0.1) is 11.0 Å². The SMILES string of the molecule is C(=C(c1ccccc1)c1ccccc1)c1ccc(-n2c3ccccc3c3c4c5ccccc5oc4c4ccccc4c32)cc1. The molecule has 0 spiro atoms. The lowest BCUT2D eigenvalue weighted by Crippen LogP contribution is -1.95. The van der Waals surface area contributed by atoms with Crippen LogP contribution in [-0.2, 0) is 0 Å². The van der Waals surface area contributed by atoms with Gasteiger partial charge in [-0.15, -0.1) is 0 Å². The summed E-state index contributed by atoms with van der Waals surface area (Å²) < 4.78 is 8.98. The Balaban J connectivity index is 1.31. The molecule has 0 aliphatic carbocycles. The third-order valence-corrected chi connectivity index (χ3v) is 8.78. The van der Waals surface area contributed by atoms with Gasteiger partial charge >= 0.3 is 0 Å². The van der Waals surface area contributed by atoms with Crippen LogP contribution in [0.2, 0.25) is 0 Å². The van der Waals surface area contributed by atoms with Crippen molar-refractivity contribution in [1.29, 1.82) is 0 Å². The van der Waals surface area contributed by atoms with Crippen molar-refractivity contribution in [2.45, 2.75) is 0 Å². The number of furan rings is 1. The second-order valence-electron chi connectivity index (χ2n) is 11.3. The first-order valence-corrected chi connectivity index (χ1v) is 15.0. The molecule has 0 radical (unpaired) electrons. The van der Waals surface area contributed by atoms with Crippen LogP contribution in [-0.4, -0.2) is 4.57 Å². The fourth-order valence-corrected chi connectivity index (χ4v) is 6.84. The maximum atomic E-state index is 6.55. The van der Waals surface area contributed by atoms with Crippen LogP contribution in [0.25, 0.3) is 71.9 Å². The lowest BCUT2D eigenvalue weighted by atomic mass is 9.96. The third-order valence-electron chi connectivity index (χ3n) is 8.78. The number of fused-ring (bicyclic) bond motifs is 10. The molecule has 0 amide bonds. The average molecular weight is 562 g/mol. The minimum absolute atomic E-state index is 0.917. The summed E-state index contributed by atoms with van der Waals surface area (Å²) in [5.74, 6) is 0. The molecular formula is C42H27NO. The van der Waals surface area contributed by atoms with Crippen molar-refractivity contribution in [3.8, 4) is 5.69 Å². The number of rotatable bonds is 4. The van der Waals surface area contributed by atoms with Gasteiger partial charge in [0.15, 0.2) is 0 Å². The smallest absolute Gasteiger partial charge is 0.144 e. The van der Waals surface area contributed by atoms with E-state index in [1.165, 1.54) is 49.3 Å². The van der Waals surface area contributed by atoms with Crippen molar-refractivity contribution in [3.05, 3.63) is 174 Å². The Labute approximate surface area is 254 Å². The van der Waals surface area contributed by atoms with Crippen molar-refractivity contribution >= 4 is 66.2 Å². The normalized spacial score (nSPS) is 11.6. The van der Waals surface area contributed by atoms with E-state index in [-0.39, 0.29) is 0 Å². The number of para-hydroxylation sites is 2. The second-order valence-corrected chi connectivity index (χ2v) is 11.3. The molecule has 0 saturated heterocycles. The minimum Gasteiger partial charge on any atom is -0.455 e. The van der Waals surface area contributed by atoms with Crippen LogP contribution < -0.4 is 0 Å². The van der Waals surface area contributed by atoms with Gasteiger partial charge in [0.1, 0.15) is 11.2 Å². The summed E-state index contributed by atoms with van der Waals surface area (Å²) in [5.41, 5.74) is 10.2. The molecule has 9 aromatic rings. The van der Waals surface area contributed by atoms with E-state index >= 15 is 0 Å². The third kappa shape index (κ3) is 3.75. The largest absolute Gasteiger partial charge is 0.455 e. The molecule has 7 aromatic carbocycles. The number of aromatic nitrogens is 1. The van der Waals surface area contributed by atoms with E-state index in [1.54, 1.807) is 0 Å². The van der Waals surface area contributed by atoms with Gasteiger partial charge in [-0.1, -0.05) is 133 Å². The molecule has 0 atom stereocenters. The van der Waals surface area contributed by atoms with Gasteiger partial charge in [0.2, 0.25) is 0 Å². The van der Waals surface area contributed by atoms with Gasteiger partial charge in [-0.2, -0.15) is 0 Å². The van der Waals surface area contributed by atoms with Gasteiger partial charge < -0.3 is 8.98 Å². The van der Waals surface area contributed by atoms with Crippen LogP contribution in [0.1, 0.15) is 16.7 Å². The fraction of sp³-hybridized carbons (Fsp3) is 0. The Morgan fingerprint density at radius 3 is 1.75 bits per heavy atom. The molecule has 0 fully saturated rings. The second kappa shape index (κ2) is 9.86. The van der Waals surface area contributed by atoms with Crippen LogP contribution in [0.4, 0.5) is 0 Å². The predicted octanol–water partition coefficient (Wildman–Crippen LogP) is 11.4. The maximum absolute atomic E-state index is 6.55. The van der Waals surface area contributed by atoms with Crippen molar-refractivity contribution < 1.29 is 4.42 Å². The zero-order valence-electron chi connectivity index (χ0n) is 23.9. The Hall–Kier alpha value is -5.86. The van der Waals surface area contributed by atoms with E-state index in [9.17, 15) is 0 Å². The summed E-state index contributed by atoms with van der Waals surface area (Å²) in [4.78, 5) is 0. The van der Waals surface area contributed by atoms with Crippen LogP contribution in [0.3, 0.4) is 0 Å². The summed E-state index contributed by atoms with van der Waals surface area (Å²) in [5, 5.41) is 7.10. The van der Waals surface area contributed by atoms with Crippen molar-refractivity contribution in [1.82, 2.24) is 4.57 Å². The lowest BCUT2D eigenvalue weighted by molar-refractivity contribution is 0.673. The molecule has 9 rings (SSSR count). The highest BCUT2D eigenvalue weighted by atomic mass is 16.3. The number of benzene rings is 7. The molecule has 0 N–H and O–H groups in total. The van der Waals surface area contributed by atoms with Crippen LogP contribution in [0, 0.1) is 0 Å². The number of hydrogen-bond acceptors (Lipinski definition) is 1. The molecule has 2 nitrogen and oxygen atoms in total. The van der Waals surface area contributed by atoms with Gasteiger partial charge in [-0.25, -0.2) is 0 Å². The summed E-state index contributed by atoms with van der Waals surface area (Å²) in [6.45, 7) is 0. The van der Waals surface area contributed by atoms with Gasteiger partial charge in [-0.3, -0.25) is 0 Å². The van der Waals surface area contributed by atoms with E-state index < -0.39 is 0 Å². The monoisotopic (exact) mass is 561 g/mol. The minimum atomic E-state index is 0.917. The topological polar surface area (TPSA) is 18.1 Å². The van der Waals surface area contributed by atoms with Crippen LogP contribution >= 0.6 is 0 Å². The van der Waals surface area contributed by atoms with Gasteiger partial charge in [0.25, 0.3) is 0 Å². The summed E-state index contributed by atoms with van der Waals surface area (Å²) in [6.07, 6.45) is 2.29. The first-order valence-electron chi connectivity index (χ1n) is 15.0. The van der Waals surface area contributed by atoms with Gasteiger partial charge in [-0.05, 0) is 52.6 Å². The van der Waals surface area contributed by atoms with Crippen molar-refractivity contribution in [2.75, 3.05) is 0 Å². The molecule has 0 aliphatic heterocycles. The van der Waals surface area contributed by atoms with E-state index in [2.05, 4.69) is 162 Å². The summed E-state index contributed by atoms with van der Waals surface area (Å²) >= 11 is 0. The van der Waals surface area contributed by atoms with E-state index in [0.29, 0.717) is 0 Å². The summed E-state index contributed by atoms with van der Waals surface area (Å²) in [6, 6.07) is 56.0. The van der Waals surface area contributed by atoms with Crippen LogP contribution in [0.5, 0.6) is 0 Å². The predicted molar refractivity (Wildman–Crippen MR) is 185 cm³/mol. The molecule has 2 heterocycles. The maximum Gasteiger partial charge on any atom is 0.144 e. The highest BCUT2D eigenvalue weighted by Gasteiger charge is 2.22. The molecule has 206 valence electrons. The highest BCUT2D eigenvalue weighted by Crippen LogP contribution is 2.45. The Bertz CT molecular complexity index is 2470. The quantitative estimate of drug-likeness (QED) is 0.195. The molecule has 2 aromatic heterocycles. The zero-order chi connectivity index (χ0) is 29.0. The molecule has 44 heavy (non-hydrogen) atoms. The lowest BCUT2D eigenvalue weighted by Gasteiger charge is -2.12. The van der Waals surface area contributed by atoms with Gasteiger partial charge in [0, 0.05) is 38.0 Å². The van der Waals surface area contributed by atoms with Crippen molar-refractivity contribution in [3.63, 3.8) is 0 Å². The zero-order valence-corrected chi connectivity index (χ0v) is 23.9. The standard InChI is InChI=1S/C42H27NO/c1-3-13-29(14-4-1)36(30-15-5-2-6-16-30)27-28-23-25-31(26-24-28)43-37-21-11-9-19-34(37)39-40-35-20-10-12-22-38(35)44-42(40)33-18-8-7-17-32(33)41(39)43/h1-27H. The van der Waals surface area contributed by atoms with E-state index in [0.717, 1.165) is 33.2 Å². The first kappa shape index (κ1) is 24.7. The molecule has 0 saturated carbocycles. The average Bonchev–Trinajstić information content (AvgIpc) is 3.65. The highest BCUT2D eigenvalue weighted by molar-refractivity contribution is 6.35. The molecule has 0 bridgehead atoms.